The summed E-state index contributed by atoms with van der Waals surface area (Å²) in [7, 11) is -3.93. The number of halogens is 1. The summed E-state index contributed by atoms with van der Waals surface area (Å²) in [6.07, 6.45) is -1.45. The molecule has 4 N–H and O–H groups in total. The number of aliphatic hydroxyl groups excluding tert-OH is 1. The third-order valence-electron chi connectivity index (χ3n) is 5.30. The number of anilines is 3. The van der Waals surface area contributed by atoms with E-state index in [0.29, 0.717) is 27.6 Å². The molecule has 7 nitrogen and oxygen atoms in total. The van der Waals surface area contributed by atoms with E-state index in [1.54, 1.807) is 31.2 Å². The molecule has 166 valence electrons. The standard InChI is InChI=1S/C23H22ClN3O4S/c1-12-9-18-19(26-23(29)22(28)25-18)11-20(12)32(30,31)27-17-7-13(2)21(14(3)8-17)15-5-4-6-16(24)10-15/h4-11,23,26-27,29H,1-3H3,(H,25,28). The molecule has 0 fully saturated rings. The number of amides is 1. The third-order valence-corrected chi connectivity index (χ3v) is 7.06. The van der Waals surface area contributed by atoms with Gasteiger partial charge in [0, 0.05) is 10.7 Å². The lowest BCUT2D eigenvalue weighted by Crippen LogP contribution is -2.38. The Kier molecular flexibility index (Phi) is 5.62. The Labute approximate surface area is 191 Å². The number of rotatable bonds is 4. The van der Waals surface area contributed by atoms with Gasteiger partial charge in [-0.05, 0) is 85.0 Å². The van der Waals surface area contributed by atoms with Crippen LogP contribution < -0.4 is 15.4 Å². The summed E-state index contributed by atoms with van der Waals surface area (Å²) in [5.74, 6) is -0.601. The van der Waals surface area contributed by atoms with Crippen LogP contribution in [0.2, 0.25) is 5.02 Å². The van der Waals surface area contributed by atoms with Gasteiger partial charge in [0.25, 0.3) is 15.9 Å². The van der Waals surface area contributed by atoms with Crippen molar-refractivity contribution in [2.24, 2.45) is 0 Å². The quantitative estimate of drug-likeness (QED) is 0.450. The Morgan fingerprint density at radius 2 is 1.66 bits per heavy atom. The molecule has 9 heteroatoms. The Bertz CT molecular complexity index is 1330. The zero-order valence-corrected chi connectivity index (χ0v) is 19.2. The van der Waals surface area contributed by atoms with Gasteiger partial charge in [0.1, 0.15) is 0 Å². The van der Waals surface area contributed by atoms with E-state index in [1.807, 2.05) is 32.0 Å². The van der Waals surface area contributed by atoms with E-state index < -0.39 is 22.2 Å². The van der Waals surface area contributed by atoms with E-state index in [-0.39, 0.29) is 4.90 Å². The van der Waals surface area contributed by atoms with Crippen LogP contribution >= 0.6 is 11.6 Å². The van der Waals surface area contributed by atoms with E-state index >= 15 is 0 Å². The SMILES string of the molecule is Cc1cc2c(cc1S(=O)(=O)Nc1cc(C)c(-c3cccc(Cl)c3)c(C)c1)NC(O)C(=O)N2. The fourth-order valence-corrected chi connectivity index (χ4v) is 5.43. The summed E-state index contributed by atoms with van der Waals surface area (Å²) in [6.45, 7) is 5.48. The molecule has 1 aliphatic rings. The van der Waals surface area contributed by atoms with E-state index in [1.165, 1.54) is 6.07 Å². The number of fused-ring (bicyclic) bond motifs is 1. The van der Waals surface area contributed by atoms with E-state index in [0.717, 1.165) is 22.3 Å². The second kappa shape index (κ2) is 8.12. The molecule has 1 amide bonds. The van der Waals surface area contributed by atoms with E-state index in [4.69, 9.17) is 11.6 Å². The number of hydrogen-bond donors (Lipinski definition) is 4. The highest BCUT2D eigenvalue weighted by Gasteiger charge is 2.27. The van der Waals surface area contributed by atoms with Crippen LogP contribution in [0.25, 0.3) is 11.1 Å². The Morgan fingerprint density at radius 3 is 2.31 bits per heavy atom. The highest BCUT2D eigenvalue weighted by molar-refractivity contribution is 7.92. The molecule has 1 heterocycles. The van der Waals surface area contributed by atoms with Gasteiger partial charge in [0.05, 0.1) is 16.3 Å². The predicted octanol–water partition coefficient (Wildman–Crippen LogP) is 4.42. The molecule has 1 atom stereocenters. The number of benzene rings is 3. The van der Waals surface area contributed by atoms with Gasteiger partial charge < -0.3 is 15.7 Å². The van der Waals surface area contributed by atoms with Crippen molar-refractivity contribution in [1.29, 1.82) is 0 Å². The van der Waals surface area contributed by atoms with E-state index in [9.17, 15) is 18.3 Å². The van der Waals surface area contributed by atoms with Crippen LogP contribution in [-0.2, 0) is 14.8 Å². The Morgan fingerprint density at radius 1 is 0.969 bits per heavy atom. The summed E-state index contributed by atoms with van der Waals surface area (Å²) in [5, 5.41) is 15.5. The average molecular weight is 472 g/mol. The monoisotopic (exact) mass is 471 g/mol. The predicted molar refractivity (Wildman–Crippen MR) is 127 cm³/mol. The molecule has 0 saturated heterocycles. The lowest BCUT2D eigenvalue weighted by Gasteiger charge is -2.24. The number of carbonyl (C=O) groups excluding carboxylic acids is 1. The summed E-state index contributed by atoms with van der Waals surface area (Å²) in [4.78, 5) is 11.7. The maximum Gasteiger partial charge on any atom is 0.274 e. The summed E-state index contributed by atoms with van der Waals surface area (Å²) in [5.41, 5.74) is 5.39. The molecular weight excluding hydrogens is 450 g/mol. The second-order valence-electron chi connectivity index (χ2n) is 7.80. The molecule has 0 spiro atoms. The van der Waals surface area contributed by atoms with E-state index in [2.05, 4.69) is 15.4 Å². The van der Waals surface area contributed by atoms with Gasteiger partial charge in [-0.2, -0.15) is 0 Å². The molecule has 4 rings (SSSR count). The van der Waals surface area contributed by atoms with Gasteiger partial charge in [0.15, 0.2) is 0 Å². The minimum atomic E-state index is -3.93. The largest absolute Gasteiger partial charge is 0.366 e. The van der Waals surface area contributed by atoms with Crippen molar-refractivity contribution in [1.82, 2.24) is 0 Å². The fourth-order valence-electron chi connectivity index (χ4n) is 3.95. The van der Waals surface area contributed by atoms with Crippen molar-refractivity contribution in [3.8, 4) is 11.1 Å². The van der Waals surface area contributed by atoms with Crippen molar-refractivity contribution in [3.63, 3.8) is 0 Å². The topological polar surface area (TPSA) is 108 Å². The number of sulfonamides is 1. The Balaban J connectivity index is 1.69. The highest BCUT2D eigenvalue weighted by atomic mass is 35.5. The zero-order valence-electron chi connectivity index (χ0n) is 17.7. The van der Waals surface area contributed by atoms with Crippen LogP contribution in [0.3, 0.4) is 0 Å². The minimum Gasteiger partial charge on any atom is -0.366 e. The smallest absolute Gasteiger partial charge is 0.274 e. The molecule has 0 radical (unpaired) electrons. The maximum atomic E-state index is 13.2. The van der Waals surface area contributed by atoms with Crippen molar-refractivity contribution >= 4 is 44.6 Å². The van der Waals surface area contributed by atoms with Crippen LogP contribution in [0.1, 0.15) is 16.7 Å². The normalized spacial score (nSPS) is 15.5. The number of aryl methyl sites for hydroxylation is 3. The molecule has 1 aliphatic heterocycles. The molecule has 3 aromatic rings. The molecule has 0 aromatic heterocycles. The molecule has 0 aliphatic carbocycles. The first kappa shape index (κ1) is 22.1. The van der Waals surface area contributed by atoms with Crippen molar-refractivity contribution in [2.75, 3.05) is 15.4 Å². The minimum absolute atomic E-state index is 0.0429. The van der Waals surface area contributed by atoms with Crippen molar-refractivity contribution in [3.05, 3.63) is 70.2 Å². The van der Waals surface area contributed by atoms with Crippen LogP contribution in [0.4, 0.5) is 17.1 Å². The van der Waals surface area contributed by atoms with Crippen LogP contribution in [-0.4, -0.2) is 25.7 Å². The van der Waals surface area contributed by atoms with Gasteiger partial charge in [-0.3, -0.25) is 9.52 Å². The number of nitrogens with one attached hydrogen (secondary N) is 3. The highest BCUT2D eigenvalue weighted by Crippen LogP contribution is 2.35. The number of aliphatic hydroxyl groups is 1. The van der Waals surface area contributed by atoms with Gasteiger partial charge in [-0.15, -0.1) is 0 Å². The molecule has 0 bridgehead atoms. The summed E-state index contributed by atoms with van der Waals surface area (Å²) in [6, 6.07) is 14.0. The molecule has 1 unspecified atom stereocenters. The first-order valence-corrected chi connectivity index (χ1v) is 11.7. The van der Waals surface area contributed by atoms with Gasteiger partial charge in [-0.1, -0.05) is 23.7 Å². The summed E-state index contributed by atoms with van der Waals surface area (Å²) < 4.78 is 29.0. The maximum absolute atomic E-state index is 13.2. The number of hydrogen-bond acceptors (Lipinski definition) is 5. The molecule has 32 heavy (non-hydrogen) atoms. The lowest BCUT2D eigenvalue weighted by molar-refractivity contribution is -0.122. The first-order chi connectivity index (χ1) is 15.0. The van der Waals surface area contributed by atoms with Crippen LogP contribution in [0.5, 0.6) is 0 Å². The first-order valence-electron chi connectivity index (χ1n) is 9.85. The molecule has 3 aromatic carbocycles. The average Bonchev–Trinajstić information content (AvgIpc) is 2.68. The zero-order chi connectivity index (χ0) is 23.2. The summed E-state index contributed by atoms with van der Waals surface area (Å²) >= 11 is 6.13. The van der Waals surface area contributed by atoms with Crippen molar-refractivity contribution < 1.29 is 18.3 Å². The Hall–Kier alpha value is -3.07. The van der Waals surface area contributed by atoms with Crippen LogP contribution in [0, 0.1) is 20.8 Å². The molecule has 0 saturated carbocycles. The fraction of sp³-hybridized carbons (Fsp3) is 0.174. The van der Waals surface area contributed by atoms with Crippen molar-refractivity contribution in [2.45, 2.75) is 31.9 Å². The van der Waals surface area contributed by atoms with Gasteiger partial charge >= 0.3 is 0 Å². The molecular formula is C23H22ClN3O4S. The number of carbonyl (C=O) groups is 1. The lowest BCUT2D eigenvalue weighted by atomic mass is 9.95. The van der Waals surface area contributed by atoms with Crippen LogP contribution in [0.15, 0.2) is 53.4 Å². The third kappa shape index (κ3) is 4.17. The van der Waals surface area contributed by atoms with Gasteiger partial charge in [0.2, 0.25) is 6.23 Å². The van der Waals surface area contributed by atoms with Gasteiger partial charge in [-0.25, -0.2) is 8.42 Å². The second-order valence-corrected chi connectivity index (χ2v) is 9.89.